The number of nitrogens with one attached hydrogen (secondary N) is 2. The number of alkyl carbamates (subject to hydrolysis) is 1. The molecule has 40 heavy (non-hydrogen) atoms. The molecule has 13 heteroatoms. The molecule has 3 heterocycles. The van der Waals surface area contributed by atoms with Crippen molar-refractivity contribution in [2.75, 3.05) is 32.8 Å². The van der Waals surface area contributed by atoms with Crippen LogP contribution in [0.5, 0.6) is 11.5 Å². The number of nitrogens with zero attached hydrogens (tertiary/aromatic N) is 3. The van der Waals surface area contributed by atoms with Gasteiger partial charge in [0, 0.05) is 29.3 Å². The molecule has 11 nitrogen and oxygen atoms in total. The quantitative estimate of drug-likeness (QED) is 0.386. The smallest absolute Gasteiger partial charge is 0.408 e. The molecule has 3 aromatic rings. The maximum absolute atomic E-state index is 13.9. The zero-order chi connectivity index (χ0) is 29.4. The molecule has 216 valence electrons. The first-order chi connectivity index (χ1) is 18.8. The van der Waals surface area contributed by atoms with Crippen LogP contribution in [0.15, 0.2) is 23.1 Å². The molecule has 1 saturated heterocycles. The van der Waals surface area contributed by atoms with Crippen molar-refractivity contribution in [1.29, 1.82) is 0 Å². The first kappa shape index (κ1) is 29.7. The number of rotatable bonds is 7. The average molecular weight is 594 g/mol. The van der Waals surface area contributed by atoms with Gasteiger partial charge in [-0.3, -0.25) is 9.36 Å². The fourth-order valence-corrected chi connectivity index (χ4v) is 5.14. The van der Waals surface area contributed by atoms with E-state index >= 15 is 0 Å². The molecule has 0 aliphatic carbocycles. The van der Waals surface area contributed by atoms with Gasteiger partial charge in [0.25, 0.3) is 5.56 Å². The molecule has 1 fully saturated rings. The largest absolute Gasteiger partial charge is 0.495 e. The van der Waals surface area contributed by atoms with Gasteiger partial charge in [-0.15, -0.1) is 0 Å². The highest BCUT2D eigenvalue weighted by molar-refractivity contribution is 6.41. The molecular formula is C27H33Cl2N5O6. The number of carbonyl (C=O) groups is 1. The summed E-state index contributed by atoms with van der Waals surface area (Å²) in [5, 5.41) is 7.02. The first-order valence-electron chi connectivity index (χ1n) is 12.7. The molecule has 1 aromatic carbocycles. The predicted octanol–water partition coefficient (Wildman–Crippen LogP) is 5.07. The molecule has 2 N–H and O–H groups in total. The third kappa shape index (κ3) is 6.06. The Bertz CT molecular complexity index is 1460. The minimum absolute atomic E-state index is 0.184. The van der Waals surface area contributed by atoms with Gasteiger partial charge < -0.3 is 29.6 Å². The van der Waals surface area contributed by atoms with Crippen molar-refractivity contribution >= 4 is 46.3 Å². The molecule has 2 aromatic heterocycles. The molecule has 1 aliphatic heterocycles. The minimum atomic E-state index is -0.627. The summed E-state index contributed by atoms with van der Waals surface area (Å²) in [6, 6.07) is 2.27. The number of benzene rings is 1. The molecule has 0 saturated carbocycles. The second-order valence-electron chi connectivity index (χ2n) is 10.6. The number of aromatic nitrogens is 3. The number of methoxy groups -OCH3 is 2. The number of pyridine rings is 1. The number of hydrogen-bond donors (Lipinski definition) is 2. The Labute approximate surface area is 242 Å². The van der Waals surface area contributed by atoms with E-state index in [4.69, 9.17) is 42.1 Å². The summed E-state index contributed by atoms with van der Waals surface area (Å²) in [4.78, 5) is 35.3. The van der Waals surface area contributed by atoms with Crippen LogP contribution in [0.3, 0.4) is 0 Å². The van der Waals surface area contributed by atoms with E-state index in [0.29, 0.717) is 41.3 Å². The molecule has 0 unspecified atom stereocenters. The van der Waals surface area contributed by atoms with Crippen LogP contribution in [0.1, 0.15) is 40.7 Å². The molecule has 1 amide bonds. The maximum Gasteiger partial charge on any atom is 0.408 e. The number of carbonyl (C=O) groups excluding carboxylic acids is 1. The standard InChI is InChI=1S/C27H33Cl2N5O6/c1-13(2)34-23-14(8-15(24(34)35)20-21(28)18(37-6)9-19(38-7)22(20)29)10-30-25(33-23)31-16-11-39-12-17(16)32-26(36)40-27(3,4)5/h8-10,13,16-17H,11-12H2,1-7H3,(H,32,36)(H,30,31,33)/t16-,17+/m1/s1. The van der Waals surface area contributed by atoms with Crippen molar-refractivity contribution < 1.29 is 23.7 Å². The number of hydrogen-bond acceptors (Lipinski definition) is 9. The Kier molecular flexibility index (Phi) is 8.67. The Hall–Kier alpha value is -3.28. The number of anilines is 1. The summed E-state index contributed by atoms with van der Waals surface area (Å²) in [5.74, 6) is 0.912. The van der Waals surface area contributed by atoms with Crippen molar-refractivity contribution in [3.05, 3.63) is 38.7 Å². The molecule has 1 aliphatic rings. The lowest BCUT2D eigenvalue weighted by Gasteiger charge is -2.24. The van der Waals surface area contributed by atoms with Crippen LogP contribution >= 0.6 is 23.2 Å². The van der Waals surface area contributed by atoms with Crippen LogP contribution in [-0.2, 0) is 9.47 Å². The summed E-state index contributed by atoms with van der Waals surface area (Å²) >= 11 is 13.3. The predicted molar refractivity (Wildman–Crippen MR) is 154 cm³/mol. The molecule has 0 bridgehead atoms. The van der Waals surface area contributed by atoms with E-state index in [1.54, 1.807) is 43.7 Å². The maximum atomic E-state index is 13.9. The van der Waals surface area contributed by atoms with Crippen molar-refractivity contribution in [3.63, 3.8) is 0 Å². The fraction of sp³-hybridized carbons (Fsp3) is 0.481. The molecular weight excluding hydrogens is 561 g/mol. The van der Waals surface area contributed by atoms with Gasteiger partial charge in [-0.25, -0.2) is 9.78 Å². The van der Waals surface area contributed by atoms with Crippen LogP contribution in [-0.4, -0.2) is 65.7 Å². The Morgan fingerprint density at radius 3 is 2.30 bits per heavy atom. The number of fused-ring (bicyclic) bond motifs is 1. The Balaban J connectivity index is 1.74. The van der Waals surface area contributed by atoms with Gasteiger partial charge >= 0.3 is 6.09 Å². The lowest BCUT2D eigenvalue weighted by Crippen LogP contribution is -2.47. The van der Waals surface area contributed by atoms with Crippen LogP contribution in [0.25, 0.3) is 22.2 Å². The van der Waals surface area contributed by atoms with Crippen LogP contribution < -0.4 is 25.7 Å². The summed E-state index contributed by atoms with van der Waals surface area (Å²) in [7, 11) is 2.94. The van der Waals surface area contributed by atoms with E-state index in [-0.39, 0.29) is 45.2 Å². The number of ether oxygens (including phenoxy) is 4. The zero-order valence-electron chi connectivity index (χ0n) is 23.4. The molecule has 4 rings (SSSR count). The Morgan fingerprint density at radius 2 is 1.73 bits per heavy atom. The highest BCUT2D eigenvalue weighted by Gasteiger charge is 2.32. The van der Waals surface area contributed by atoms with Crippen LogP contribution in [0.4, 0.5) is 10.7 Å². The van der Waals surface area contributed by atoms with Gasteiger partial charge in [-0.1, -0.05) is 23.2 Å². The summed E-state index contributed by atoms with van der Waals surface area (Å²) in [6.45, 7) is 9.76. The van der Waals surface area contributed by atoms with Crippen molar-refractivity contribution in [2.24, 2.45) is 0 Å². The van der Waals surface area contributed by atoms with E-state index < -0.39 is 11.7 Å². The summed E-state index contributed by atoms with van der Waals surface area (Å²) in [6.07, 6.45) is 1.07. The van der Waals surface area contributed by atoms with Gasteiger partial charge in [0.1, 0.15) is 22.7 Å². The van der Waals surface area contributed by atoms with E-state index in [9.17, 15) is 9.59 Å². The number of amides is 1. The van der Waals surface area contributed by atoms with E-state index in [0.717, 1.165) is 0 Å². The van der Waals surface area contributed by atoms with Gasteiger partial charge in [0.2, 0.25) is 5.95 Å². The lowest BCUT2D eigenvalue weighted by atomic mass is 10.0. The minimum Gasteiger partial charge on any atom is -0.495 e. The van der Waals surface area contributed by atoms with Gasteiger partial charge in [0.15, 0.2) is 0 Å². The highest BCUT2D eigenvalue weighted by Crippen LogP contribution is 2.45. The van der Waals surface area contributed by atoms with Crippen LogP contribution in [0.2, 0.25) is 10.0 Å². The molecule has 0 spiro atoms. The normalized spacial score (nSPS) is 17.2. The molecule has 0 radical (unpaired) electrons. The summed E-state index contributed by atoms with van der Waals surface area (Å²) < 4.78 is 23.3. The first-order valence-corrected chi connectivity index (χ1v) is 13.5. The van der Waals surface area contributed by atoms with Crippen molar-refractivity contribution in [2.45, 2.75) is 58.3 Å². The third-order valence-electron chi connectivity index (χ3n) is 6.23. The SMILES string of the molecule is COc1cc(OC)c(Cl)c(-c2cc3cnc(N[C@@H]4COC[C@@H]4NC(=O)OC(C)(C)C)nc3n(C(C)C)c2=O)c1Cl. The van der Waals surface area contributed by atoms with E-state index in [1.807, 2.05) is 13.8 Å². The van der Waals surface area contributed by atoms with Crippen molar-refractivity contribution in [3.8, 4) is 22.6 Å². The van der Waals surface area contributed by atoms with Gasteiger partial charge in [-0.2, -0.15) is 4.98 Å². The monoisotopic (exact) mass is 593 g/mol. The highest BCUT2D eigenvalue weighted by atomic mass is 35.5. The van der Waals surface area contributed by atoms with Crippen LogP contribution in [0, 0.1) is 0 Å². The topological polar surface area (TPSA) is 126 Å². The van der Waals surface area contributed by atoms with E-state index in [1.165, 1.54) is 14.2 Å². The second kappa shape index (κ2) is 11.7. The Morgan fingerprint density at radius 1 is 1.10 bits per heavy atom. The average Bonchev–Trinajstić information content (AvgIpc) is 3.29. The van der Waals surface area contributed by atoms with E-state index in [2.05, 4.69) is 20.6 Å². The van der Waals surface area contributed by atoms with Gasteiger partial charge in [0.05, 0.1) is 55.1 Å². The lowest BCUT2D eigenvalue weighted by molar-refractivity contribution is 0.0497. The summed E-state index contributed by atoms with van der Waals surface area (Å²) in [5.41, 5.74) is -0.0119. The van der Waals surface area contributed by atoms with Gasteiger partial charge in [-0.05, 0) is 40.7 Å². The fourth-order valence-electron chi connectivity index (χ4n) is 4.43. The molecule has 2 atom stereocenters. The second-order valence-corrected chi connectivity index (χ2v) is 11.4. The van der Waals surface area contributed by atoms with Crippen molar-refractivity contribution in [1.82, 2.24) is 19.9 Å². The number of halogens is 2. The zero-order valence-corrected chi connectivity index (χ0v) is 24.9. The third-order valence-corrected chi connectivity index (χ3v) is 6.98.